The molecule has 16 heavy (non-hydrogen) atoms. The van der Waals surface area contributed by atoms with E-state index in [1.54, 1.807) is 0 Å². The quantitative estimate of drug-likeness (QED) is 0.564. The van der Waals surface area contributed by atoms with E-state index in [1.165, 1.54) is 12.0 Å². The van der Waals surface area contributed by atoms with Gasteiger partial charge in [-0.1, -0.05) is 13.8 Å². The molecule has 0 aliphatic rings. The lowest BCUT2D eigenvalue weighted by Gasteiger charge is -2.17. The normalized spacial score (nSPS) is 14.7. The first-order valence-corrected chi connectivity index (χ1v) is 6.77. The van der Waals surface area contributed by atoms with Crippen molar-refractivity contribution >= 4 is 11.8 Å². The second kappa shape index (κ2) is 7.65. The van der Waals surface area contributed by atoms with E-state index in [-0.39, 0.29) is 0 Å². The van der Waals surface area contributed by atoms with Gasteiger partial charge in [-0.05, 0) is 30.5 Å². The fourth-order valence-electron chi connectivity index (χ4n) is 1.37. The molecule has 0 aliphatic carbocycles. The summed E-state index contributed by atoms with van der Waals surface area (Å²) in [6.45, 7) is 4.47. The lowest BCUT2D eigenvalue weighted by molar-refractivity contribution is 0.574. The van der Waals surface area contributed by atoms with Gasteiger partial charge in [0.1, 0.15) is 0 Å². The summed E-state index contributed by atoms with van der Waals surface area (Å²) in [5.41, 5.74) is 4.17. The zero-order valence-corrected chi connectivity index (χ0v) is 10.8. The van der Waals surface area contributed by atoms with Crippen LogP contribution in [-0.4, -0.2) is 22.0 Å². The molecule has 0 spiro atoms. The van der Waals surface area contributed by atoms with Gasteiger partial charge >= 0.3 is 0 Å². The molecule has 0 bridgehead atoms. The number of hydrogen-bond donors (Lipinski definition) is 2. The zero-order chi connectivity index (χ0) is 11.8. The molecule has 0 radical (unpaired) electrons. The first kappa shape index (κ1) is 13.5. The first-order valence-electron chi connectivity index (χ1n) is 5.72. The van der Waals surface area contributed by atoms with Crippen LogP contribution in [0.25, 0.3) is 0 Å². The van der Waals surface area contributed by atoms with Gasteiger partial charge in [-0.2, -0.15) is 11.8 Å². The van der Waals surface area contributed by atoms with E-state index in [9.17, 15) is 0 Å². The van der Waals surface area contributed by atoms with Gasteiger partial charge in [0.25, 0.3) is 0 Å². The molecule has 0 saturated carbocycles. The predicted molar refractivity (Wildman–Crippen MR) is 71.3 cm³/mol. The lowest BCUT2D eigenvalue weighted by Crippen LogP contribution is -2.39. The van der Waals surface area contributed by atoms with Gasteiger partial charge in [-0.15, -0.1) is 0 Å². The number of nitrogens with one attached hydrogen (secondary N) is 1. The highest BCUT2D eigenvalue weighted by Gasteiger charge is 2.09. The summed E-state index contributed by atoms with van der Waals surface area (Å²) in [7, 11) is 0. The Morgan fingerprint density at radius 2 is 2.12 bits per heavy atom. The summed E-state index contributed by atoms with van der Waals surface area (Å²) >= 11 is 1.97. The fourth-order valence-corrected chi connectivity index (χ4v) is 2.38. The monoisotopic (exact) mass is 239 g/mol. The van der Waals surface area contributed by atoms with Crippen molar-refractivity contribution in [2.75, 3.05) is 5.75 Å². The van der Waals surface area contributed by atoms with E-state index in [2.05, 4.69) is 24.3 Å². The highest BCUT2D eigenvalue weighted by molar-refractivity contribution is 7.99. The molecule has 2 atom stereocenters. The topological polar surface area (TPSA) is 50.9 Å². The molecule has 90 valence electrons. The van der Waals surface area contributed by atoms with Crippen molar-refractivity contribution in [3.8, 4) is 0 Å². The molecule has 0 fully saturated rings. The Hall–Kier alpha value is -0.580. The molecule has 1 heterocycles. The summed E-state index contributed by atoms with van der Waals surface area (Å²) in [5, 5.41) is 0.702. The molecule has 2 unspecified atom stereocenters. The average molecular weight is 239 g/mol. The minimum absolute atomic E-state index is 0.335. The van der Waals surface area contributed by atoms with Gasteiger partial charge in [0.05, 0.1) is 0 Å². The number of aromatic nitrogens is 1. The van der Waals surface area contributed by atoms with Gasteiger partial charge in [0.15, 0.2) is 0 Å². The molecular weight excluding hydrogens is 218 g/mol. The second-order valence-electron chi connectivity index (χ2n) is 3.98. The number of hydrazine groups is 1. The number of hydrogen-bond acceptors (Lipinski definition) is 4. The molecule has 1 aromatic heterocycles. The Labute approximate surface area is 102 Å². The number of pyridine rings is 1. The number of nitrogens with two attached hydrogens (primary N) is 1. The van der Waals surface area contributed by atoms with E-state index < -0.39 is 0 Å². The highest BCUT2D eigenvalue weighted by Crippen LogP contribution is 2.16. The van der Waals surface area contributed by atoms with Gasteiger partial charge in [-0.25, -0.2) is 0 Å². The van der Waals surface area contributed by atoms with Crippen molar-refractivity contribution < 1.29 is 0 Å². The Morgan fingerprint density at radius 3 is 2.69 bits per heavy atom. The summed E-state index contributed by atoms with van der Waals surface area (Å²) in [6, 6.07) is 4.41. The Kier molecular flexibility index (Phi) is 6.45. The van der Waals surface area contributed by atoms with Crippen molar-refractivity contribution in [3.05, 3.63) is 30.1 Å². The van der Waals surface area contributed by atoms with Crippen LogP contribution in [-0.2, 0) is 6.42 Å². The third-order valence-corrected chi connectivity index (χ3v) is 4.12. The molecule has 0 aromatic carbocycles. The molecule has 3 N–H and O–H groups in total. The van der Waals surface area contributed by atoms with Crippen LogP contribution in [0.4, 0.5) is 0 Å². The average Bonchev–Trinajstić information content (AvgIpc) is 2.35. The fraction of sp³-hybridized carbons (Fsp3) is 0.583. The third kappa shape index (κ3) is 4.96. The van der Waals surface area contributed by atoms with Crippen LogP contribution in [0.2, 0.25) is 0 Å². The van der Waals surface area contributed by atoms with E-state index in [1.807, 2.05) is 36.3 Å². The molecule has 0 aliphatic heterocycles. The first-order chi connectivity index (χ1) is 7.76. The van der Waals surface area contributed by atoms with Crippen LogP contribution in [0.1, 0.15) is 25.8 Å². The zero-order valence-electron chi connectivity index (χ0n) is 10.0. The summed E-state index contributed by atoms with van der Waals surface area (Å²) in [5.74, 6) is 6.62. The number of nitrogens with zero attached hydrogens (tertiary/aromatic N) is 1. The lowest BCUT2D eigenvalue weighted by atomic mass is 10.1. The van der Waals surface area contributed by atoms with Crippen molar-refractivity contribution in [1.82, 2.24) is 10.4 Å². The van der Waals surface area contributed by atoms with Gasteiger partial charge < -0.3 is 0 Å². The molecule has 3 nitrogen and oxygen atoms in total. The molecule has 1 aromatic rings. The maximum atomic E-state index is 5.57. The van der Waals surface area contributed by atoms with Crippen molar-refractivity contribution in [2.24, 2.45) is 5.84 Å². The van der Waals surface area contributed by atoms with Crippen LogP contribution in [0.5, 0.6) is 0 Å². The van der Waals surface area contributed by atoms with Crippen molar-refractivity contribution in [1.29, 1.82) is 0 Å². The SMILES string of the molecule is CCC(C)SCC(Cc1ccncc1)NN. The highest BCUT2D eigenvalue weighted by atomic mass is 32.2. The summed E-state index contributed by atoms with van der Waals surface area (Å²) in [6.07, 6.45) is 5.81. The van der Waals surface area contributed by atoms with Crippen LogP contribution >= 0.6 is 11.8 Å². The maximum absolute atomic E-state index is 5.57. The van der Waals surface area contributed by atoms with Crippen molar-refractivity contribution in [3.63, 3.8) is 0 Å². The Bertz CT molecular complexity index is 279. The van der Waals surface area contributed by atoms with E-state index in [0.29, 0.717) is 11.3 Å². The molecular formula is C12H21N3S. The largest absolute Gasteiger partial charge is 0.271 e. The second-order valence-corrected chi connectivity index (χ2v) is 5.45. The Morgan fingerprint density at radius 1 is 1.44 bits per heavy atom. The minimum Gasteiger partial charge on any atom is -0.271 e. The van der Waals surface area contributed by atoms with Gasteiger partial charge in [0.2, 0.25) is 0 Å². The van der Waals surface area contributed by atoms with Crippen LogP contribution in [0.15, 0.2) is 24.5 Å². The Balaban J connectivity index is 2.37. The molecule has 0 amide bonds. The number of rotatable bonds is 7. The van der Waals surface area contributed by atoms with E-state index in [0.717, 1.165) is 12.2 Å². The van der Waals surface area contributed by atoms with Crippen LogP contribution in [0.3, 0.4) is 0 Å². The standard InChI is InChI=1S/C12H21N3S/c1-3-10(2)16-9-12(15-13)8-11-4-6-14-7-5-11/h4-7,10,12,15H,3,8-9,13H2,1-2H3. The smallest absolute Gasteiger partial charge is 0.0341 e. The van der Waals surface area contributed by atoms with Gasteiger partial charge in [-0.3, -0.25) is 16.3 Å². The summed E-state index contributed by atoms with van der Waals surface area (Å²) < 4.78 is 0. The maximum Gasteiger partial charge on any atom is 0.0341 e. The van der Waals surface area contributed by atoms with Crippen molar-refractivity contribution in [2.45, 2.75) is 38.0 Å². The molecule has 0 saturated heterocycles. The minimum atomic E-state index is 0.335. The van der Waals surface area contributed by atoms with Crippen LogP contribution < -0.4 is 11.3 Å². The summed E-state index contributed by atoms with van der Waals surface area (Å²) in [4.78, 5) is 4.01. The third-order valence-electron chi connectivity index (χ3n) is 2.62. The van der Waals surface area contributed by atoms with E-state index >= 15 is 0 Å². The predicted octanol–water partition coefficient (Wildman–Crippen LogP) is 1.99. The van der Waals surface area contributed by atoms with Crippen LogP contribution in [0, 0.1) is 0 Å². The number of thioether (sulfide) groups is 1. The van der Waals surface area contributed by atoms with Gasteiger partial charge in [0, 0.05) is 29.4 Å². The van der Waals surface area contributed by atoms with E-state index in [4.69, 9.17) is 5.84 Å². The molecule has 4 heteroatoms. The molecule has 1 rings (SSSR count).